The number of aromatic nitrogens is 2. The summed E-state index contributed by atoms with van der Waals surface area (Å²) >= 11 is 6.32. The molecule has 4 aromatic carbocycles. The Bertz CT molecular complexity index is 1770. The maximum atomic E-state index is 11.6. The van der Waals surface area contributed by atoms with Crippen LogP contribution in [0, 0.1) is 11.3 Å². The van der Waals surface area contributed by atoms with Crippen molar-refractivity contribution in [2.45, 2.75) is 44.8 Å². The number of carboxylic acid groups (broad SMARTS) is 1. The van der Waals surface area contributed by atoms with Crippen LogP contribution in [0.5, 0.6) is 5.75 Å². The summed E-state index contributed by atoms with van der Waals surface area (Å²) in [5, 5.41) is 19.3. The Morgan fingerprint density at radius 3 is 2.36 bits per heavy atom. The summed E-state index contributed by atoms with van der Waals surface area (Å²) in [5.41, 5.74) is 6.40. The molecule has 1 aromatic heterocycles. The van der Waals surface area contributed by atoms with Crippen LogP contribution in [0.3, 0.4) is 0 Å². The zero-order chi connectivity index (χ0) is 28.3. The van der Waals surface area contributed by atoms with Crippen LogP contribution in [0.15, 0.2) is 84.9 Å². The fourth-order valence-corrected chi connectivity index (χ4v) is 5.89. The van der Waals surface area contributed by atoms with Crippen LogP contribution in [0.2, 0.25) is 5.02 Å². The van der Waals surface area contributed by atoms with Gasteiger partial charge in [-0.15, -0.1) is 12.4 Å². The molecule has 0 spiro atoms. The first-order valence-corrected chi connectivity index (χ1v) is 14.2. The van der Waals surface area contributed by atoms with E-state index in [0.29, 0.717) is 34.5 Å². The first-order valence-electron chi connectivity index (χ1n) is 13.8. The quantitative estimate of drug-likeness (QED) is 0.202. The molecule has 5 aromatic rings. The molecule has 6 rings (SSSR count). The normalized spacial score (nSPS) is 13.3. The van der Waals surface area contributed by atoms with Crippen LogP contribution in [0.4, 0.5) is 0 Å². The minimum Gasteiger partial charge on any atom is -0.489 e. The van der Waals surface area contributed by atoms with Gasteiger partial charge in [0.25, 0.3) is 0 Å². The second-order valence-electron chi connectivity index (χ2n) is 10.4. The number of carbonyl (C=O) groups is 1. The van der Waals surface area contributed by atoms with Crippen LogP contribution in [-0.2, 0) is 6.61 Å². The highest BCUT2D eigenvalue weighted by molar-refractivity contribution is 6.30. The fourth-order valence-electron chi connectivity index (χ4n) is 5.69. The standard InChI is InChI=1S/C34H28ClN3O3.ClH/c35-27-13-16-30(23-8-6-22(20-36)7-9-23)26(18-27)21-41-29-14-10-24(11-15-29)33-37-31-19-25(34(39)40)12-17-32(31)38(33)28-4-2-1-3-5-28;/h6-19,28H,1-5,21H2,(H,39,40);1H. The van der Waals surface area contributed by atoms with Gasteiger partial charge in [0.05, 0.1) is 28.2 Å². The van der Waals surface area contributed by atoms with Crippen molar-refractivity contribution in [1.82, 2.24) is 9.55 Å². The van der Waals surface area contributed by atoms with Crippen LogP contribution in [0.25, 0.3) is 33.5 Å². The molecule has 212 valence electrons. The topological polar surface area (TPSA) is 88.1 Å². The maximum Gasteiger partial charge on any atom is 0.335 e. The smallest absolute Gasteiger partial charge is 0.335 e. The number of aromatic carboxylic acids is 1. The van der Waals surface area contributed by atoms with E-state index in [1.54, 1.807) is 24.3 Å². The summed E-state index contributed by atoms with van der Waals surface area (Å²) in [6.07, 6.45) is 5.77. The van der Waals surface area contributed by atoms with Crippen molar-refractivity contribution in [2.24, 2.45) is 0 Å². The van der Waals surface area contributed by atoms with E-state index in [4.69, 9.17) is 26.6 Å². The van der Waals surface area contributed by atoms with E-state index < -0.39 is 5.97 Å². The number of imidazole rings is 1. The van der Waals surface area contributed by atoms with Crippen LogP contribution >= 0.6 is 24.0 Å². The predicted octanol–water partition coefficient (Wildman–Crippen LogP) is 9.10. The number of fused-ring (bicyclic) bond motifs is 1. The lowest BCUT2D eigenvalue weighted by Gasteiger charge is -2.25. The Hall–Kier alpha value is -4.31. The monoisotopic (exact) mass is 597 g/mol. The van der Waals surface area contributed by atoms with E-state index in [0.717, 1.165) is 46.4 Å². The minimum atomic E-state index is -0.954. The van der Waals surface area contributed by atoms with E-state index in [-0.39, 0.29) is 18.0 Å². The third-order valence-corrected chi connectivity index (χ3v) is 8.01. The number of rotatable bonds is 7. The van der Waals surface area contributed by atoms with Gasteiger partial charge in [0.2, 0.25) is 0 Å². The van der Waals surface area contributed by atoms with Gasteiger partial charge in [0.15, 0.2) is 0 Å². The van der Waals surface area contributed by atoms with Crippen molar-refractivity contribution < 1.29 is 14.6 Å². The summed E-state index contributed by atoms with van der Waals surface area (Å²) in [7, 11) is 0. The molecule has 0 aliphatic heterocycles. The highest BCUT2D eigenvalue weighted by atomic mass is 35.5. The molecule has 0 saturated heterocycles. The number of nitrogens with zero attached hydrogens (tertiary/aromatic N) is 3. The van der Waals surface area contributed by atoms with Gasteiger partial charge in [-0.05, 0) is 96.3 Å². The molecule has 1 aliphatic carbocycles. The average molecular weight is 599 g/mol. The first-order chi connectivity index (χ1) is 20.0. The van der Waals surface area contributed by atoms with Gasteiger partial charge in [-0.3, -0.25) is 0 Å². The number of hydrogen-bond donors (Lipinski definition) is 1. The molecule has 1 aliphatic rings. The number of hydrogen-bond acceptors (Lipinski definition) is 4. The molecular weight excluding hydrogens is 569 g/mol. The molecule has 6 nitrogen and oxygen atoms in total. The molecule has 0 atom stereocenters. The molecule has 42 heavy (non-hydrogen) atoms. The Morgan fingerprint density at radius 1 is 0.952 bits per heavy atom. The van der Waals surface area contributed by atoms with Gasteiger partial charge < -0.3 is 14.4 Å². The van der Waals surface area contributed by atoms with Crippen molar-refractivity contribution in [1.29, 1.82) is 5.26 Å². The third-order valence-electron chi connectivity index (χ3n) is 7.78. The molecule has 1 N–H and O–H groups in total. The van der Waals surface area contributed by atoms with E-state index in [9.17, 15) is 9.90 Å². The minimum absolute atomic E-state index is 0. The van der Waals surface area contributed by atoms with E-state index in [1.807, 2.05) is 60.7 Å². The van der Waals surface area contributed by atoms with Gasteiger partial charge in [-0.25, -0.2) is 9.78 Å². The van der Waals surface area contributed by atoms with Crippen molar-refractivity contribution >= 4 is 41.0 Å². The number of halogens is 2. The molecule has 0 bridgehead atoms. The Balaban J connectivity index is 0.00000353. The van der Waals surface area contributed by atoms with E-state index in [2.05, 4.69) is 10.6 Å². The fraction of sp³-hybridized carbons (Fsp3) is 0.206. The molecule has 1 saturated carbocycles. The Labute approximate surface area is 255 Å². The summed E-state index contributed by atoms with van der Waals surface area (Å²) in [6.45, 7) is 0.327. The lowest BCUT2D eigenvalue weighted by atomic mass is 9.95. The van der Waals surface area contributed by atoms with Gasteiger partial charge in [-0.2, -0.15) is 5.26 Å². The molecule has 8 heteroatoms. The lowest BCUT2D eigenvalue weighted by molar-refractivity contribution is 0.0697. The first kappa shape index (κ1) is 29.2. The van der Waals surface area contributed by atoms with Gasteiger partial charge in [-0.1, -0.05) is 49.1 Å². The summed E-state index contributed by atoms with van der Waals surface area (Å²) in [4.78, 5) is 16.5. The van der Waals surface area contributed by atoms with Gasteiger partial charge >= 0.3 is 5.97 Å². The van der Waals surface area contributed by atoms with Crippen molar-refractivity contribution in [3.8, 4) is 34.3 Å². The Morgan fingerprint density at radius 2 is 1.67 bits per heavy atom. The van der Waals surface area contributed by atoms with Crippen LogP contribution in [0.1, 0.15) is 59.6 Å². The predicted molar refractivity (Wildman–Crippen MR) is 167 cm³/mol. The molecular formula is C34H29Cl2N3O3. The van der Waals surface area contributed by atoms with E-state index in [1.165, 1.54) is 19.3 Å². The largest absolute Gasteiger partial charge is 0.489 e. The molecule has 1 heterocycles. The zero-order valence-corrected chi connectivity index (χ0v) is 24.4. The summed E-state index contributed by atoms with van der Waals surface area (Å²) in [6, 6.07) is 28.8. The third kappa shape index (κ3) is 5.99. The highest BCUT2D eigenvalue weighted by Crippen LogP contribution is 2.37. The van der Waals surface area contributed by atoms with Gasteiger partial charge in [0, 0.05) is 16.6 Å². The molecule has 1 fully saturated rings. The molecule has 0 radical (unpaired) electrons. The van der Waals surface area contributed by atoms with Crippen molar-refractivity contribution in [2.75, 3.05) is 0 Å². The van der Waals surface area contributed by atoms with Gasteiger partial charge in [0.1, 0.15) is 18.2 Å². The number of ether oxygens (including phenoxy) is 1. The van der Waals surface area contributed by atoms with Crippen molar-refractivity contribution in [3.05, 3.63) is 107 Å². The number of benzene rings is 4. The van der Waals surface area contributed by atoms with Crippen LogP contribution < -0.4 is 4.74 Å². The SMILES string of the molecule is Cl.N#Cc1ccc(-c2ccc(Cl)cc2COc2ccc(-c3nc4cc(C(=O)O)ccc4n3C3CCCCC3)cc2)cc1. The maximum absolute atomic E-state index is 11.6. The Kier molecular flexibility index (Phi) is 8.82. The van der Waals surface area contributed by atoms with Crippen molar-refractivity contribution in [3.63, 3.8) is 0 Å². The number of nitriles is 1. The van der Waals surface area contributed by atoms with E-state index >= 15 is 0 Å². The lowest BCUT2D eigenvalue weighted by Crippen LogP contribution is -2.14. The summed E-state index contributed by atoms with van der Waals surface area (Å²) < 4.78 is 8.49. The molecule has 0 unspecified atom stereocenters. The zero-order valence-electron chi connectivity index (χ0n) is 22.8. The molecule has 0 amide bonds. The second-order valence-corrected chi connectivity index (χ2v) is 10.8. The van der Waals surface area contributed by atoms with Crippen LogP contribution in [-0.4, -0.2) is 20.6 Å². The number of carboxylic acids is 1. The second kappa shape index (κ2) is 12.7. The average Bonchev–Trinajstić information content (AvgIpc) is 3.40. The highest BCUT2D eigenvalue weighted by Gasteiger charge is 2.23. The summed E-state index contributed by atoms with van der Waals surface area (Å²) in [5.74, 6) is 0.608.